The molecule has 0 aromatic heterocycles. The molecular formula is C21H17F2NO2. The van der Waals surface area contributed by atoms with Gasteiger partial charge in [0.15, 0.2) is 11.6 Å². The van der Waals surface area contributed by atoms with E-state index in [4.69, 9.17) is 4.74 Å². The van der Waals surface area contributed by atoms with Gasteiger partial charge in [0, 0.05) is 0 Å². The molecule has 1 N–H and O–H groups in total. The molecule has 0 spiro atoms. The minimum Gasteiger partial charge on any atom is -0.497 e. The van der Waals surface area contributed by atoms with Gasteiger partial charge in [-0.2, -0.15) is 0 Å². The Kier molecular flexibility index (Phi) is 5.27. The molecule has 0 bridgehead atoms. The van der Waals surface area contributed by atoms with Gasteiger partial charge in [0.25, 0.3) is 5.91 Å². The van der Waals surface area contributed by atoms with Crippen molar-refractivity contribution in [2.75, 3.05) is 7.11 Å². The van der Waals surface area contributed by atoms with Gasteiger partial charge in [-0.05, 0) is 35.4 Å². The Morgan fingerprint density at radius 3 is 2.19 bits per heavy atom. The van der Waals surface area contributed by atoms with Crippen LogP contribution in [0.4, 0.5) is 8.78 Å². The monoisotopic (exact) mass is 353 g/mol. The van der Waals surface area contributed by atoms with Gasteiger partial charge in [0.1, 0.15) is 5.75 Å². The fraction of sp³-hybridized carbons (Fsp3) is 0.0952. The summed E-state index contributed by atoms with van der Waals surface area (Å²) < 4.78 is 32.5. The second-order valence-corrected chi connectivity index (χ2v) is 5.69. The molecule has 0 heterocycles. The maximum Gasteiger partial charge on any atom is 0.255 e. The average Bonchev–Trinajstić information content (AvgIpc) is 2.69. The summed E-state index contributed by atoms with van der Waals surface area (Å²) in [5, 5.41) is 2.78. The molecule has 0 saturated heterocycles. The number of carbonyl (C=O) groups is 1. The van der Waals surface area contributed by atoms with Crippen LogP contribution in [-0.4, -0.2) is 13.0 Å². The Bertz CT molecular complexity index is 896. The van der Waals surface area contributed by atoms with E-state index in [1.165, 1.54) is 12.1 Å². The molecule has 0 aliphatic heterocycles. The Hall–Kier alpha value is -3.21. The minimum absolute atomic E-state index is 0.334. The lowest BCUT2D eigenvalue weighted by Crippen LogP contribution is -2.30. The molecule has 0 radical (unpaired) electrons. The first-order valence-electron chi connectivity index (χ1n) is 8.04. The molecule has 3 nitrogen and oxygen atoms in total. The van der Waals surface area contributed by atoms with Crippen molar-refractivity contribution in [1.29, 1.82) is 0 Å². The SMILES string of the molecule is COc1ccc(C(NC(=O)c2cccc(F)c2F)c2ccccc2)cc1. The highest BCUT2D eigenvalue weighted by Crippen LogP contribution is 2.25. The Morgan fingerprint density at radius 2 is 1.54 bits per heavy atom. The van der Waals surface area contributed by atoms with Crippen LogP contribution in [-0.2, 0) is 0 Å². The van der Waals surface area contributed by atoms with Crippen LogP contribution in [0.1, 0.15) is 27.5 Å². The molecule has 3 aromatic carbocycles. The van der Waals surface area contributed by atoms with E-state index in [9.17, 15) is 13.6 Å². The van der Waals surface area contributed by atoms with E-state index in [1.807, 2.05) is 42.5 Å². The van der Waals surface area contributed by atoms with Gasteiger partial charge in [-0.25, -0.2) is 8.78 Å². The quantitative estimate of drug-likeness (QED) is 0.734. The van der Waals surface area contributed by atoms with Crippen LogP contribution in [0.5, 0.6) is 5.75 Å². The lowest BCUT2D eigenvalue weighted by atomic mass is 9.98. The number of amides is 1. The molecule has 5 heteroatoms. The summed E-state index contributed by atoms with van der Waals surface area (Å²) in [6.07, 6.45) is 0. The lowest BCUT2D eigenvalue weighted by molar-refractivity contribution is 0.0938. The minimum atomic E-state index is -1.16. The standard InChI is InChI=1S/C21H17F2NO2/c1-26-16-12-10-15(11-13-16)20(14-6-3-2-4-7-14)24-21(25)17-8-5-9-18(22)19(17)23/h2-13,20H,1H3,(H,24,25). The zero-order chi connectivity index (χ0) is 18.5. The summed E-state index contributed by atoms with van der Waals surface area (Å²) in [4.78, 5) is 12.6. The fourth-order valence-corrected chi connectivity index (χ4v) is 2.69. The van der Waals surface area contributed by atoms with Crippen molar-refractivity contribution in [2.45, 2.75) is 6.04 Å². The zero-order valence-corrected chi connectivity index (χ0v) is 14.1. The third-order valence-corrected chi connectivity index (χ3v) is 4.05. The van der Waals surface area contributed by atoms with Crippen LogP contribution in [0.15, 0.2) is 72.8 Å². The first kappa shape index (κ1) is 17.6. The van der Waals surface area contributed by atoms with Crippen molar-refractivity contribution in [1.82, 2.24) is 5.32 Å². The van der Waals surface area contributed by atoms with E-state index in [2.05, 4.69) is 5.32 Å². The molecule has 0 aliphatic carbocycles. The van der Waals surface area contributed by atoms with E-state index < -0.39 is 23.6 Å². The highest BCUT2D eigenvalue weighted by Gasteiger charge is 2.21. The number of hydrogen-bond donors (Lipinski definition) is 1. The van der Waals surface area contributed by atoms with E-state index in [0.29, 0.717) is 5.75 Å². The average molecular weight is 353 g/mol. The second-order valence-electron chi connectivity index (χ2n) is 5.69. The number of carbonyl (C=O) groups excluding carboxylic acids is 1. The molecule has 26 heavy (non-hydrogen) atoms. The summed E-state index contributed by atoms with van der Waals surface area (Å²) in [5.74, 6) is -2.22. The van der Waals surface area contributed by atoms with Crippen LogP contribution >= 0.6 is 0 Å². The predicted octanol–water partition coefficient (Wildman–Crippen LogP) is 4.49. The van der Waals surface area contributed by atoms with Crippen molar-refractivity contribution < 1.29 is 18.3 Å². The van der Waals surface area contributed by atoms with Crippen LogP contribution in [0, 0.1) is 11.6 Å². The number of methoxy groups -OCH3 is 1. The van der Waals surface area contributed by atoms with Crippen molar-refractivity contribution >= 4 is 5.91 Å². The topological polar surface area (TPSA) is 38.3 Å². The molecule has 132 valence electrons. The van der Waals surface area contributed by atoms with Crippen molar-refractivity contribution in [3.8, 4) is 5.75 Å². The smallest absolute Gasteiger partial charge is 0.255 e. The third-order valence-electron chi connectivity index (χ3n) is 4.05. The van der Waals surface area contributed by atoms with E-state index in [1.54, 1.807) is 19.2 Å². The van der Waals surface area contributed by atoms with Gasteiger partial charge < -0.3 is 10.1 Å². The summed E-state index contributed by atoms with van der Waals surface area (Å²) in [5.41, 5.74) is 1.28. The van der Waals surface area contributed by atoms with E-state index in [0.717, 1.165) is 17.2 Å². The van der Waals surface area contributed by atoms with Crippen molar-refractivity contribution in [3.63, 3.8) is 0 Å². The Labute approximate surface area is 150 Å². The number of hydrogen-bond acceptors (Lipinski definition) is 2. The first-order valence-corrected chi connectivity index (χ1v) is 8.04. The Balaban J connectivity index is 1.95. The summed E-state index contributed by atoms with van der Waals surface area (Å²) in [6, 6.07) is 19.5. The normalized spacial score (nSPS) is 11.7. The van der Waals surface area contributed by atoms with Gasteiger partial charge in [0.05, 0.1) is 18.7 Å². The number of benzene rings is 3. The molecule has 1 atom stereocenters. The number of nitrogens with one attached hydrogen (secondary N) is 1. The maximum atomic E-state index is 14.0. The fourth-order valence-electron chi connectivity index (χ4n) is 2.69. The summed E-state index contributed by atoms with van der Waals surface area (Å²) in [7, 11) is 1.57. The molecule has 1 unspecified atom stereocenters. The largest absolute Gasteiger partial charge is 0.497 e. The molecule has 0 aliphatic rings. The predicted molar refractivity (Wildman–Crippen MR) is 95.1 cm³/mol. The molecule has 0 saturated carbocycles. The third kappa shape index (κ3) is 3.72. The van der Waals surface area contributed by atoms with E-state index in [-0.39, 0.29) is 5.56 Å². The number of ether oxygens (including phenoxy) is 1. The highest BCUT2D eigenvalue weighted by atomic mass is 19.2. The first-order chi connectivity index (χ1) is 12.6. The zero-order valence-electron chi connectivity index (χ0n) is 14.1. The maximum absolute atomic E-state index is 14.0. The van der Waals surface area contributed by atoms with Crippen molar-refractivity contribution in [2.24, 2.45) is 0 Å². The summed E-state index contributed by atoms with van der Waals surface area (Å²) >= 11 is 0. The van der Waals surface area contributed by atoms with Crippen LogP contribution in [0.25, 0.3) is 0 Å². The Morgan fingerprint density at radius 1 is 0.885 bits per heavy atom. The van der Waals surface area contributed by atoms with Gasteiger partial charge >= 0.3 is 0 Å². The number of rotatable bonds is 5. The molecule has 1 amide bonds. The lowest BCUT2D eigenvalue weighted by Gasteiger charge is -2.20. The highest BCUT2D eigenvalue weighted by molar-refractivity contribution is 5.95. The molecule has 0 fully saturated rings. The second kappa shape index (κ2) is 7.78. The molecule has 3 aromatic rings. The van der Waals surface area contributed by atoms with Gasteiger partial charge in [0.2, 0.25) is 0 Å². The van der Waals surface area contributed by atoms with Crippen LogP contribution in [0.2, 0.25) is 0 Å². The number of halogens is 2. The van der Waals surface area contributed by atoms with Gasteiger partial charge in [-0.1, -0.05) is 48.5 Å². The van der Waals surface area contributed by atoms with Crippen LogP contribution in [0.3, 0.4) is 0 Å². The summed E-state index contributed by atoms with van der Waals surface area (Å²) in [6.45, 7) is 0. The van der Waals surface area contributed by atoms with E-state index >= 15 is 0 Å². The molecular weight excluding hydrogens is 336 g/mol. The van der Waals surface area contributed by atoms with Gasteiger partial charge in [-0.3, -0.25) is 4.79 Å². The van der Waals surface area contributed by atoms with Gasteiger partial charge in [-0.15, -0.1) is 0 Å². The van der Waals surface area contributed by atoms with Crippen LogP contribution < -0.4 is 10.1 Å². The molecule has 3 rings (SSSR count). The van der Waals surface area contributed by atoms with Crippen molar-refractivity contribution in [3.05, 3.63) is 101 Å².